The van der Waals surface area contributed by atoms with Crippen molar-refractivity contribution >= 4 is 11.9 Å². The van der Waals surface area contributed by atoms with Gasteiger partial charge in [0.15, 0.2) is 0 Å². The fourth-order valence-electron chi connectivity index (χ4n) is 0.614. The molecule has 0 atom stereocenters. The monoisotopic (exact) mass is 136 g/mol. The molecule has 0 aromatic carbocycles. The first-order chi connectivity index (χ1) is 4.88. The van der Waals surface area contributed by atoms with E-state index < -0.39 is 0 Å². The number of hydrazone groups is 1. The van der Waals surface area contributed by atoms with Gasteiger partial charge in [-0.25, -0.2) is 0 Å². The zero-order valence-corrected chi connectivity index (χ0v) is 5.41. The van der Waals surface area contributed by atoms with Crippen molar-refractivity contribution in [1.29, 1.82) is 0 Å². The zero-order chi connectivity index (χ0) is 7.40. The highest BCUT2D eigenvalue weighted by Gasteiger charge is 2.07. The second kappa shape index (κ2) is 2.82. The summed E-state index contributed by atoms with van der Waals surface area (Å²) in [6, 6.07) is 0. The standard InChI is InChI=1S/C6H8N4/c1-2-8-6-4-9-10-5(6)3-7/h2-4,10H,1,7H2/b5-3+,8-6-. The third-order valence-electron chi connectivity index (χ3n) is 1.04. The average Bonchev–Trinajstić information content (AvgIpc) is 2.36. The van der Waals surface area contributed by atoms with Crippen molar-refractivity contribution in [2.24, 2.45) is 15.8 Å². The molecule has 1 rings (SSSR count). The lowest BCUT2D eigenvalue weighted by Crippen LogP contribution is -2.08. The van der Waals surface area contributed by atoms with Crippen molar-refractivity contribution in [1.82, 2.24) is 5.43 Å². The maximum Gasteiger partial charge on any atom is 0.109 e. The molecular formula is C6H8N4. The number of rotatable bonds is 1. The summed E-state index contributed by atoms with van der Waals surface area (Å²) in [4.78, 5) is 3.90. The summed E-state index contributed by atoms with van der Waals surface area (Å²) >= 11 is 0. The maximum absolute atomic E-state index is 5.23. The molecule has 0 fully saturated rings. The van der Waals surface area contributed by atoms with Crippen LogP contribution in [0, 0.1) is 0 Å². The summed E-state index contributed by atoms with van der Waals surface area (Å²) in [7, 11) is 0. The fraction of sp³-hybridized carbons (Fsp3) is 0. The quantitative estimate of drug-likeness (QED) is 0.531. The largest absolute Gasteiger partial charge is 0.403 e. The molecule has 0 aromatic rings. The number of aliphatic imine (C=N–C) groups is 1. The predicted octanol–water partition coefficient (Wildman–Crippen LogP) is -0.0400. The Hall–Kier alpha value is -1.58. The highest BCUT2D eigenvalue weighted by molar-refractivity contribution is 6.39. The first-order valence-electron chi connectivity index (χ1n) is 2.78. The van der Waals surface area contributed by atoms with E-state index in [-0.39, 0.29) is 0 Å². The Bertz CT molecular complexity index is 224. The van der Waals surface area contributed by atoms with E-state index in [2.05, 4.69) is 22.1 Å². The molecule has 3 N–H and O–H groups in total. The molecule has 0 aromatic heterocycles. The van der Waals surface area contributed by atoms with Crippen LogP contribution in [0.25, 0.3) is 0 Å². The van der Waals surface area contributed by atoms with Crippen LogP contribution >= 0.6 is 0 Å². The van der Waals surface area contributed by atoms with E-state index in [1.54, 1.807) is 6.21 Å². The van der Waals surface area contributed by atoms with Crippen LogP contribution in [0.3, 0.4) is 0 Å². The van der Waals surface area contributed by atoms with Crippen LogP contribution in [0.5, 0.6) is 0 Å². The molecule has 1 aliphatic rings. The van der Waals surface area contributed by atoms with E-state index in [0.717, 1.165) is 0 Å². The SMILES string of the molecule is C=C/N=C1/C=NN/C1=C/N. The molecule has 0 unspecified atom stereocenters. The van der Waals surface area contributed by atoms with Gasteiger partial charge in [0, 0.05) is 12.4 Å². The van der Waals surface area contributed by atoms with Gasteiger partial charge >= 0.3 is 0 Å². The first kappa shape index (κ1) is 6.54. The minimum absolute atomic E-state index is 0.706. The molecule has 1 aliphatic heterocycles. The Labute approximate surface area is 58.8 Å². The summed E-state index contributed by atoms with van der Waals surface area (Å²) in [6.07, 6.45) is 4.44. The second-order valence-electron chi connectivity index (χ2n) is 1.65. The predicted molar refractivity (Wildman–Crippen MR) is 41.5 cm³/mol. The van der Waals surface area contributed by atoms with Crippen LogP contribution in [0.4, 0.5) is 0 Å². The van der Waals surface area contributed by atoms with E-state index >= 15 is 0 Å². The van der Waals surface area contributed by atoms with E-state index in [4.69, 9.17) is 5.73 Å². The van der Waals surface area contributed by atoms with Gasteiger partial charge in [-0.15, -0.1) is 0 Å². The van der Waals surface area contributed by atoms with Crippen molar-refractivity contribution in [2.45, 2.75) is 0 Å². The highest BCUT2D eigenvalue weighted by atomic mass is 15.3. The van der Waals surface area contributed by atoms with Crippen LogP contribution in [0.2, 0.25) is 0 Å². The van der Waals surface area contributed by atoms with Crippen molar-refractivity contribution in [3.63, 3.8) is 0 Å². The number of nitrogens with one attached hydrogen (secondary N) is 1. The van der Waals surface area contributed by atoms with Crippen LogP contribution in [0.1, 0.15) is 0 Å². The molecule has 52 valence electrons. The van der Waals surface area contributed by atoms with Crippen molar-refractivity contribution in [2.75, 3.05) is 0 Å². The summed E-state index contributed by atoms with van der Waals surface area (Å²) in [6.45, 7) is 3.45. The number of nitrogens with two attached hydrogens (primary N) is 1. The van der Waals surface area contributed by atoms with Crippen LogP contribution < -0.4 is 11.2 Å². The lowest BCUT2D eigenvalue weighted by molar-refractivity contribution is 0.958. The van der Waals surface area contributed by atoms with Gasteiger partial charge in [0.05, 0.1) is 11.9 Å². The normalized spacial score (nSPS) is 23.6. The van der Waals surface area contributed by atoms with E-state index in [0.29, 0.717) is 11.4 Å². The van der Waals surface area contributed by atoms with Crippen molar-refractivity contribution in [3.8, 4) is 0 Å². The molecule has 4 heteroatoms. The van der Waals surface area contributed by atoms with Gasteiger partial charge in [-0.1, -0.05) is 6.58 Å². The smallest absolute Gasteiger partial charge is 0.109 e. The highest BCUT2D eigenvalue weighted by Crippen LogP contribution is 1.96. The Morgan fingerprint density at radius 1 is 1.80 bits per heavy atom. The number of hydrogen-bond donors (Lipinski definition) is 2. The summed E-state index contributed by atoms with van der Waals surface area (Å²) in [5, 5.41) is 3.73. The minimum Gasteiger partial charge on any atom is -0.403 e. The van der Waals surface area contributed by atoms with Crippen LogP contribution in [-0.2, 0) is 0 Å². The summed E-state index contributed by atoms with van der Waals surface area (Å²) < 4.78 is 0. The Morgan fingerprint density at radius 3 is 3.20 bits per heavy atom. The maximum atomic E-state index is 5.23. The van der Waals surface area contributed by atoms with Gasteiger partial charge < -0.3 is 5.73 Å². The molecule has 0 aliphatic carbocycles. The molecule has 0 spiro atoms. The van der Waals surface area contributed by atoms with Gasteiger partial charge in [-0.3, -0.25) is 10.4 Å². The van der Waals surface area contributed by atoms with Gasteiger partial charge in [0.25, 0.3) is 0 Å². The lowest BCUT2D eigenvalue weighted by Gasteiger charge is -1.92. The number of nitrogens with zero attached hydrogens (tertiary/aromatic N) is 2. The summed E-state index contributed by atoms with van der Waals surface area (Å²) in [5.41, 5.74) is 9.32. The van der Waals surface area contributed by atoms with E-state index in [1.165, 1.54) is 12.4 Å². The zero-order valence-electron chi connectivity index (χ0n) is 5.41. The topological polar surface area (TPSA) is 62.8 Å². The van der Waals surface area contributed by atoms with E-state index in [1.807, 2.05) is 0 Å². The van der Waals surface area contributed by atoms with Crippen molar-refractivity contribution < 1.29 is 0 Å². The van der Waals surface area contributed by atoms with Crippen LogP contribution in [-0.4, -0.2) is 11.9 Å². The van der Waals surface area contributed by atoms with Gasteiger partial charge in [0.2, 0.25) is 0 Å². The minimum atomic E-state index is 0.706. The molecule has 0 bridgehead atoms. The molecule has 0 amide bonds. The van der Waals surface area contributed by atoms with E-state index in [9.17, 15) is 0 Å². The molecule has 0 radical (unpaired) electrons. The van der Waals surface area contributed by atoms with Crippen LogP contribution in [0.15, 0.2) is 34.8 Å². The fourth-order valence-corrected chi connectivity index (χ4v) is 0.614. The second-order valence-corrected chi connectivity index (χ2v) is 1.65. The average molecular weight is 136 g/mol. The molecule has 0 saturated carbocycles. The number of allylic oxidation sites excluding steroid dienone is 1. The Balaban J connectivity index is 2.86. The van der Waals surface area contributed by atoms with Crippen molar-refractivity contribution in [3.05, 3.63) is 24.7 Å². The molecular weight excluding hydrogens is 128 g/mol. The Kier molecular flexibility index (Phi) is 1.84. The first-order valence-corrected chi connectivity index (χ1v) is 2.78. The molecule has 0 saturated heterocycles. The molecule has 4 nitrogen and oxygen atoms in total. The third kappa shape index (κ3) is 1.05. The number of hydrogen-bond acceptors (Lipinski definition) is 4. The molecule has 10 heavy (non-hydrogen) atoms. The lowest BCUT2D eigenvalue weighted by atomic mass is 10.3. The van der Waals surface area contributed by atoms with Gasteiger partial charge in [-0.05, 0) is 0 Å². The Morgan fingerprint density at radius 2 is 2.60 bits per heavy atom. The molecule has 1 heterocycles. The van der Waals surface area contributed by atoms with Gasteiger partial charge in [-0.2, -0.15) is 5.10 Å². The summed E-state index contributed by atoms with van der Waals surface area (Å²) in [5.74, 6) is 0. The van der Waals surface area contributed by atoms with Gasteiger partial charge in [0.1, 0.15) is 5.71 Å². The third-order valence-corrected chi connectivity index (χ3v) is 1.04.